The lowest BCUT2D eigenvalue weighted by Gasteiger charge is -2.13. The number of fused-ring (bicyclic) bond motifs is 1. The van der Waals surface area contributed by atoms with Gasteiger partial charge in [-0.15, -0.1) is 0 Å². The van der Waals surface area contributed by atoms with Crippen LogP contribution in [0.4, 0.5) is 5.69 Å². The average Bonchev–Trinajstić information content (AvgIpc) is 2.92. The predicted octanol–water partition coefficient (Wildman–Crippen LogP) is 0.678. The van der Waals surface area contributed by atoms with Crippen LogP contribution in [0, 0.1) is 0 Å². The minimum Gasteiger partial charge on any atom is -0.328 e. The molecule has 150 valence electrons. The number of rotatable bonds is 6. The smallest absolute Gasteiger partial charge is 0.328 e. The third-order valence-electron chi connectivity index (χ3n) is 3.84. The van der Waals surface area contributed by atoms with E-state index >= 15 is 0 Å². The van der Waals surface area contributed by atoms with E-state index in [1.165, 1.54) is 43.3 Å². The van der Waals surface area contributed by atoms with Gasteiger partial charge in [-0.05, 0) is 36.4 Å². The monoisotopic (exact) mass is 417 g/mol. The maximum Gasteiger partial charge on any atom is 0.347 e. The Morgan fingerprint density at radius 2 is 1.52 bits per heavy atom. The molecule has 0 saturated heterocycles. The molecule has 11 heteroatoms. The number of benzene rings is 2. The van der Waals surface area contributed by atoms with Crippen molar-refractivity contribution in [3.05, 3.63) is 59.7 Å². The van der Waals surface area contributed by atoms with Crippen molar-refractivity contribution >= 4 is 39.4 Å². The molecule has 0 bridgehead atoms. The fourth-order valence-electron chi connectivity index (χ4n) is 2.54. The third kappa shape index (κ3) is 4.31. The highest BCUT2D eigenvalue weighted by Gasteiger charge is 2.38. The zero-order chi connectivity index (χ0) is 21.2. The molecule has 29 heavy (non-hydrogen) atoms. The summed E-state index contributed by atoms with van der Waals surface area (Å²) in [5, 5.41) is 2.79. The molecule has 2 N–H and O–H groups in total. The molecule has 0 unspecified atom stereocenters. The molecule has 0 aliphatic carbocycles. The number of hydrogen-bond acceptors (Lipinski definition) is 7. The second kappa shape index (κ2) is 7.81. The molecular formula is C18H15N3O7S. The van der Waals surface area contributed by atoms with Gasteiger partial charge >= 0.3 is 5.97 Å². The van der Waals surface area contributed by atoms with Gasteiger partial charge in [-0.3, -0.25) is 14.4 Å². The van der Waals surface area contributed by atoms with Gasteiger partial charge in [0.05, 0.1) is 16.0 Å². The summed E-state index contributed by atoms with van der Waals surface area (Å²) in [6.07, 6.45) is 0. The number of anilines is 1. The average molecular weight is 417 g/mol. The number of hydroxylamine groups is 2. The Balaban J connectivity index is 1.61. The van der Waals surface area contributed by atoms with Gasteiger partial charge in [0, 0.05) is 12.6 Å². The molecule has 0 saturated carbocycles. The van der Waals surface area contributed by atoms with Crippen molar-refractivity contribution in [2.75, 3.05) is 11.9 Å². The Morgan fingerprint density at radius 1 is 0.966 bits per heavy atom. The van der Waals surface area contributed by atoms with E-state index in [-0.39, 0.29) is 21.9 Å². The minimum absolute atomic E-state index is 0.0881. The van der Waals surface area contributed by atoms with Gasteiger partial charge in [0.2, 0.25) is 15.9 Å². The number of sulfonamides is 1. The Kier molecular flexibility index (Phi) is 5.43. The summed E-state index contributed by atoms with van der Waals surface area (Å²) < 4.78 is 26.5. The Morgan fingerprint density at radius 3 is 2.03 bits per heavy atom. The summed E-state index contributed by atoms with van der Waals surface area (Å²) in [4.78, 5) is 51.8. The van der Waals surface area contributed by atoms with Gasteiger partial charge < -0.3 is 10.2 Å². The van der Waals surface area contributed by atoms with E-state index in [2.05, 4.69) is 5.32 Å². The molecule has 1 aliphatic heterocycles. The molecule has 0 atom stereocenters. The lowest BCUT2D eigenvalue weighted by molar-refractivity contribution is -0.166. The fraction of sp³-hybridized carbons (Fsp3) is 0.111. The molecule has 0 fully saturated rings. The predicted molar refractivity (Wildman–Crippen MR) is 99.0 cm³/mol. The van der Waals surface area contributed by atoms with E-state index in [0.29, 0.717) is 10.8 Å². The number of nitrogens with one attached hydrogen (secondary N) is 2. The van der Waals surface area contributed by atoms with E-state index in [1.807, 2.05) is 4.72 Å². The van der Waals surface area contributed by atoms with Crippen LogP contribution in [0.3, 0.4) is 0 Å². The maximum atomic E-state index is 12.3. The van der Waals surface area contributed by atoms with E-state index in [0.717, 1.165) is 0 Å². The Labute approximate surface area is 165 Å². The van der Waals surface area contributed by atoms with Crippen molar-refractivity contribution in [1.82, 2.24) is 9.79 Å². The number of hydrogen-bond donors (Lipinski definition) is 2. The molecular weight excluding hydrogens is 402 g/mol. The second-order valence-corrected chi connectivity index (χ2v) is 7.71. The zero-order valence-electron chi connectivity index (χ0n) is 15.0. The number of carbonyl (C=O) groups excluding carboxylic acids is 4. The van der Waals surface area contributed by atoms with E-state index < -0.39 is 34.4 Å². The van der Waals surface area contributed by atoms with Crippen molar-refractivity contribution in [2.45, 2.75) is 11.8 Å². The maximum absolute atomic E-state index is 12.3. The van der Waals surface area contributed by atoms with Crippen LogP contribution in [-0.4, -0.2) is 43.7 Å². The zero-order valence-corrected chi connectivity index (χ0v) is 15.9. The molecule has 3 amide bonds. The van der Waals surface area contributed by atoms with Crippen molar-refractivity contribution in [3.8, 4) is 0 Å². The van der Waals surface area contributed by atoms with E-state index in [1.54, 1.807) is 12.1 Å². The van der Waals surface area contributed by atoms with Crippen LogP contribution in [0.1, 0.15) is 27.6 Å². The SMILES string of the molecule is CC(=O)Nc1ccc(S(=O)(=O)NCC(=O)ON2C(=O)c3ccccc3C2=O)cc1. The highest BCUT2D eigenvalue weighted by molar-refractivity contribution is 7.89. The second-order valence-electron chi connectivity index (χ2n) is 5.94. The van der Waals surface area contributed by atoms with Crippen LogP contribution in [0.5, 0.6) is 0 Å². The summed E-state index contributed by atoms with van der Waals surface area (Å²) in [5.41, 5.74) is 0.580. The molecule has 0 spiro atoms. The normalized spacial score (nSPS) is 13.2. The highest BCUT2D eigenvalue weighted by Crippen LogP contribution is 2.22. The summed E-state index contributed by atoms with van der Waals surface area (Å²) in [6.45, 7) is 0.509. The molecule has 2 aromatic rings. The molecule has 1 heterocycles. The number of nitrogens with zero attached hydrogens (tertiary/aromatic N) is 1. The van der Waals surface area contributed by atoms with E-state index in [4.69, 9.17) is 4.84 Å². The third-order valence-corrected chi connectivity index (χ3v) is 5.26. The first-order valence-electron chi connectivity index (χ1n) is 8.25. The summed E-state index contributed by atoms with van der Waals surface area (Å²) in [5.74, 6) is -3.07. The van der Waals surface area contributed by atoms with Gasteiger partial charge in [-0.25, -0.2) is 13.2 Å². The topological polar surface area (TPSA) is 139 Å². The first kappa shape index (κ1) is 20.2. The molecule has 1 aliphatic rings. The Hall–Kier alpha value is -3.57. The van der Waals surface area contributed by atoms with Crippen LogP contribution in [0.25, 0.3) is 0 Å². The van der Waals surface area contributed by atoms with Gasteiger partial charge in [-0.2, -0.15) is 4.72 Å². The van der Waals surface area contributed by atoms with Crippen LogP contribution in [-0.2, 0) is 24.4 Å². The van der Waals surface area contributed by atoms with Crippen molar-refractivity contribution in [1.29, 1.82) is 0 Å². The Bertz CT molecular complexity index is 1080. The van der Waals surface area contributed by atoms with Crippen molar-refractivity contribution in [2.24, 2.45) is 0 Å². The summed E-state index contributed by atoms with van der Waals surface area (Å²) in [6, 6.07) is 11.2. The lowest BCUT2D eigenvalue weighted by Crippen LogP contribution is -2.38. The minimum atomic E-state index is -4.07. The molecule has 2 aromatic carbocycles. The molecule has 0 radical (unpaired) electrons. The summed E-state index contributed by atoms with van der Waals surface area (Å²) in [7, 11) is -4.07. The standard InChI is InChI=1S/C18H15N3O7S/c1-11(22)20-12-6-8-13(9-7-12)29(26,27)19-10-16(23)28-21-17(24)14-4-2-3-5-15(14)18(21)25/h2-9,19H,10H2,1H3,(H,20,22). The van der Waals surface area contributed by atoms with Crippen LogP contribution in [0.2, 0.25) is 0 Å². The van der Waals surface area contributed by atoms with Gasteiger partial charge in [0.1, 0.15) is 6.54 Å². The van der Waals surface area contributed by atoms with Gasteiger partial charge in [0.15, 0.2) is 0 Å². The quantitative estimate of drug-likeness (QED) is 0.659. The first-order valence-corrected chi connectivity index (χ1v) is 9.73. The first-order chi connectivity index (χ1) is 13.7. The van der Waals surface area contributed by atoms with Gasteiger partial charge in [0.25, 0.3) is 11.8 Å². The fourth-order valence-corrected chi connectivity index (χ4v) is 3.51. The van der Waals surface area contributed by atoms with Gasteiger partial charge in [-0.1, -0.05) is 17.2 Å². The number of carbonyl (C=O) groups is 4. The highest BCUT2D eigenvalue weighted by atomic mass is 32.2. The van der Waals surface area contributed by atoms with Crippen LogP contribution >= 0.6 is 0 Å². The largest absolute Gasteiger partial charge is 0.347 e. The number of imide groups is 1. The molecule has 10 nitrogen and oxygen atoms in total. The van der Waals surface area contributed by atoms with Crippen molar-refractivity contribution < 1.29 is 32.4 Å². The van der Waals surface area contributed by atoms with Crippen LogP contribution < -0.4 is 10.0 Å². The molecule has 0 aromatic heterocycles. The van der Waals surface area contributed by atoms with E-state index in [9.17, 15) is 27.6 Å². The van der Waals surface area contributed by atoms with Crippen molar-refractivity contribution in [3.63, 3.8) is 0 Å². The van der Waals surface area contributed by atoms with Crippen LogP contribution in [0.15, 0.2) is 53.4 Å². The summed E-state index contributed by atoms with van der Waals surface area (Å²) >= 11 is 0. The lowest BCUT2D eigenvalue weighted by atomic mass is 10.1. The molecule has 3 rings (SSSR count). The number of amides is 3.